The second-order valence-corrected chi connectivity index (χ2v) is 4.91. The molecule has 0 spiro atoms. The zero-order valence-corrected chi connectivity index (χ0v) is 11.1. The molecule has 1 aromatic heterocycles. The number of rotatable bonds is 1. The Bertz CT molecular complexity index is 670. The van der Waals surface area contributed by atoms with Gasteiger partial charge in [-0.15, -0.1) is 0 Å². The van der Waals surface area contributed by atoms with Gasteiger partial charge in [-0.3, -0.25) is 0 Å². The highest BCUT2D eigenvalue weighted by molar-refractivity contribution is 5.49. The summed E-state index contributed by atoms with van der Waals surface area (Å²) in [6, 6.07) is 9.25. The van der Waals surface area contributed by atoms with Crippen molar-refractivity contribution in [2.24, 2.45) is 0 Å². The van der Waals surface area contributed by atoms with Crippen molar-refractivity contribution < 1.29 is 13.2 Å². The van der Waals surface area contributed by atoms with Gasteiger partial charge >= 0.3 is 6.18 Å². The number of benzene rings is 1. The number of alkyl halides is 3. The topological polar surface area (TPSA) is 55.0 Å². The van der Waals surface area contributed by atoms with E-state index >= 15 is 0 Å². The van der Waals surface area contributed by atoms with Crippen molar-refractivity contribution in [3.63, 3.8) is 0 Å². The number of nitrogen functional groups attached to an aromatic ring is 1. The van der Waals surface area contributed by atoms with Crippen molar-refractivity contribution in [1.29, 1.82) is 0 Å². The number of hydrogen-bond acceptors (Lipinski definition) is 4. The SMILES string of the molecule is Nc1cc(N2CCc3ccccc3C2)nc(C(F)(F)F)n1. The molecule has 1 aromatic carbocycles. The summed E-state index contributed by atoms with van der Waals surface area (Å²) in [5.74, 6) is -1.16. The second kappa shape index (κ2) is 4.91. The molecule has 3 rings (SSSR count). The molecule has 0 unspecified atom stereocenters. The van der Waals surface area contributed by atoms with E-state index in [4.69, 9.17) is 5.73 Å². The molecular weight excluding hydrogens is 281 g/mol. The Morgan fingerprint density at radius 3 is 2.52 bits per heavy atom. The molecule has 2 N–H and O–H groups in total. The minimum atomic E-state index is -4.60. The van der Waals surface area contributed by atoms with Crippen LogP contribution in [0.5, 0.6) is 0 Å². The number of nitrogens with zero attached hydrogens (tertiary/aromatic N) is 3. The van der Waals surface area contributed by atoms with Crippen LogP contribution in [-0.4, -0.2) is 16.5 Å². The quantitative estimate of drug-likeness (QED) is 0.878. The molecule has 0 fully saturated rings. The maximum Gasteiger partial charge on any atom is 0.451 e. The number of halogens is 3. The standard InChI is InChI=1S/C14H13F3N4/c15-14(16,17)13-19-11(18)7-12(20-13)21-6-5-9-3-1-2-4-10(9)8-21/h1-4,7H,5-6,8H2,(H2,18,19,20). The summed E-state index contributed by atoms with van der Waals surface area (Å²) in [5, 5.41) is 0. The van der Waals surface area contributed by atoms with E-state index in [-0.39, 0.29) is 11.6 Å². The van der Waals surface area contributed by atoms with Crippen molar-refractivity contribution in [3.8, 4) is 0 Å². The molecule has 0 radical (unpaired) electrons. The predicted octanol–water partition coefficient (Wildman–Crippen LogP) is 2.64. The zero-order valence-electron chi connectivity index (χ0n) is 11.1. The van der Waals surface area contributed by atoms with Crippen LogP contribution in [0.2, 0.25) is 0 Å². The van der Waals surface area contributed by atoms with Gasteiger partial charge in [-0.1, -0.05) is 24.3 Å². The summed E-state index contributed by atoms with van der Waals surface area (Å²) in [5.41, 5.74) is 7.79. The normalized spacial score (nSPS) is 14.9. The van der Waals surface area contributed by atoms with E-state index in [0.29, 0.717) is 13.1 Å². The first-order valence-electron chi connectivity index (χ1n) is 6.47. The number of anilines is 2. The minimum Gasteiger partial charge on any atom is -0.384 e. The second-order valence-electron chi connectivity index (χ2n) is 4.91. The summed E-state index contributed by atoms with van der Waals surface area (Å²) in [4.78, 5) is 8.66. The average molecular weight is 294 g/mol. The lowest BCUT2D eigenvalue weighted by atomic mass is 10.00. The van der Waals surface area contributed by atoms with E-state index in [1.165, 1.54) is 11.6 Å². The highest BCUT2D eigenvalue weighted by Crippen LogP contribution is 2.30. The molecule has 1 aliphatic rings. The van der Waals surface area contributed by atoms with E-state index in [1.54, 1.807) is 4.90 Å². The van der Waals surface area contributed by atoms with Crippen molar-refractivity contribution in [2.75, 3.05) is 17.2 Å². The maximum atomic E-state index is 12.8. The van der Waals surface area contributed by atoms with Gasteiger partial charge in [-0.25, -0.2) is 9.97 Å². The van der Waals surface area contributed by atoms with Crippen LogP contribution in [0.15, 0.2) is 30.3 Å². The molecule has 2 heterocycles. The fourth-order valence-corrected chi connectivity index (χ4v) is 2.43. The lowest BCUT2D eigenvalue weighted by molar-refractivity contribution is -0.144. The van der Waals surface area contributed by atoms with Crippen LogP contribution < -0.4 is 10.6 Å². The number of fused-ring (bicyclic) bond motifs is 1. The monoisotopic (exact) mass is 294 g/mol. The van der Waals surface area contributed by atoms with Gasteiger partial charge in [0.2, 0.25) is 5.82 Å². The lowest BCUT2D eigenvalue weighted by Gasteiger charge is -2.30. The minimum absolute atomic E-state index is 0.175. The summed E-state index contributed by atoms with van der Waals surface area (Å²) in [6.07, 6.45) is -3.83. The Morgan fingerprint density at radius 2 is 1.81 bits per heavy atom. The smallest absolute Gasteiger partial charge is 0.384 e. The third-order valence-electron chi connectivity index (χ3n) is 3.44. The van der Waals surface area contributed by atoms with Crippen LogP contribution in [0, 0.1) is 0 Å². The van der Waals surface area contributed by atoms with Gasteiger partial charge in [0.25, 0.3) is 0 Å². The molecule has 1 aliphatic heterocycles. The van der Waals surface area contributed by atoms with Crippen LogP contribution in [0.4, 0.5) is 24.8 Å². The molecular formula is C14H13F3N4. The Labute approximate surface area is 119 Å². The zero-order chi connectivity index (χ0) is 15.0. The molecule has 2 aromatic rings. The van der Waals surface area contributed by atoms with E-state index in [0.717, 1.165) is 12.0 Å². The molecule has 0 bridgehead atoms. The number of nitrogens with two attached hydrogens (primary N) is 1. The van der Waals surface area contributed by atoms with Crippen molar-refractivity contribution >= 4 is 11.6 Å². The van der Waals surface area contributed by atoms with Gasteiger partial charge in [0, 0.05) is 19.2 Å². The Hall–Kier alpha value is -2.31. The Kier molecular flexibility index (Phi) is 3.19. The van der Waals surface area contributed by atoms with Crippen LogP contribution in [-0.2, 0) is 19.1 Å². The van der Waals surface area contributed by atoms with Crippen molar-refractivity contribution in [3.05, 3.63) is 47.3 Å². The fraction of sp³-hybridized carbons (Fsp3) is 0.286. The summed E-state index contributed by atoms with van der Waals surface area (Å²) in [7, 11) is 0. The molecule has 4 nitrogen and oxygen atoms in total. The van der Waals surface area contributed by atoms with Gasteiger partial charge in [0.15, 0.2) is 0 Å². The van der Waals surface area contributed by atoms with Gasteiger partial charge in [0.1, 0.15) is 11.6 Å². The van der Waals surface area contributed by atoms with Gasteiger partial charge in [-0.05, 0) is 17.5 Å². The molecule has 0 atom stereocenters. The first kappa shape index (κ1) is 13.7. The first-order valence-corrected chi connectivity index (χ1v) is 6.47. The third kappa shape index (κ3) is 2.76. The van der Waals surface area contributed by atoms with Crippen LogP contribution >= 0.6 is 0 Å². The largest absolute Gasteiger partial charge is 0.451 e. The number of aromatic nitrogens is 2. The molecule has 7 heteroatoms. The van der Waals surface area contributed by atoms with E-state index in [1.807, 2.05) is 24.3 Å². The first-order chi connectivity index (χ1) is 9.93. The number of hydrogen-bond donors (Lipinski definition) is 1. The van der Waals surface area contributed by atoms with Gasteiger partial charge in [0.05, 0.1) is 0 Å². The average Bonchev–Trinajstić information content (AvgIpc) is 2.45. The highest BCUT2D eigenvalue weighted by atomic mass is 19.4. The van der Waals surface area contributed by atoms with E-state index in [9.17, 15) is 13.2 Å². The summed E-state index contributed by atoms with van der Waals surface area (Å²) >= 11 is 0. The Morgan fingerprint density at radius 1 is 1.10 bits per heavy atom. The fourth-order valence-electron chi connectivity index (χ4n) is 2.43. The third-order valence-corrected chi connectivity index (χ3v) is 3.44. The molecule has 21 heavy (non-hydrogen) atoms. The molecule has 0 saturated heterocycles. The van der Waals surface area contributed by atoms with Crippen LogP contribution in [0.25, 0.3) is 0 Å². The van der Waals surface area contributed by atoms with Crippen LogP contribution in [0.3, 0.4) is 0 Å². The highest BCUT2D eigenvalue weighted by Gasteiger charge is 2.36. The van der Waals surface area contributed by atoms with E-state index < -0.39 is 12.0 Å². The van der Waals surface area contributed by atoms with Gasteiger partial charge < -0.3 is 10.6 Å². The molecule has 110 valence electrons. The predicted molar refractivity (Wildman–Crippen MR) is 72.6 cm³/mol. The van der Waals surface area contributed by atoms with Crippen molar-refractivity contribution in [1.82, 2.24) is 9.97 Å². The summed E-state index contributed by atoms with van der Waals surface area (Å²) < 4.78 is 38.3. The molecule has 0 aliphatic carbocycles. The summed E-state index contributed by atoms with van der Waals surface area (Å²) in [6.45, 7) is 1.12. The van der Waals surface area contributed by atoms with E-state index in [2.05, 4.69) is 9.97 Å². The van der Waals surface area contributed by atoms with Crippen LogP contribution in [0.1, 0.15) is 17.0 Å². The maximum absolute atomic E-state index is 12.8. The lowest BCUT2D eigenvalue weighted by Crippen LogP contribution is -2.31. The Balaban J connectivity index is 1.94. The van der Waals surface area contributed by atoms with Gasteiger partial charge in [-0.2, -0.15) is 13.2 Å². The molecule has 0 amide bonds. The van der Waals surface area contributed by atoms with Crippen molar-refractivity contribution in [2.45, 2.75) is 19.1 Å². The molecule has 0 saturated carbocycles.